The number of methoxy groups -OCH3 is 1. The number of hydrogen-bond acceptors (Lipinski definition) is 4. The molecule has 118 valence electrons. The van der Waals surface area contributed by atoms with Crippen molar-refractivity contribution in [1.82, 2.24) is 0 Å². The first kappa shape index (κ1) is 15.2. The van der Waals surface area contributed by atoms with Crippen LogP contribution in [0.3, 0.4) is 0 Å². The number of nitrogens with zero attached hydrogens (tertiary/aromatic N) is 1. The van der Waals surface area contributed by atoms with Crippen molar-refractivity contribution in [2.75, 3.05) is 20.3 Å². The summed E-state index contributed by atoms with van der Waals surface area (Å²) in [6, 6.07) is 12.0. The second kappa shape index (κ2) is 6.57. The Balaban J connectivity index is 1.89. The fraction of sp³-hybridized carbons (Fsp3) is 0.278. The molecular weight excluding hydrogens is 297 g/mol. The van der Waals surface area contributed by atoms with Gasteiger partial charge < -0.3 is 14.2 Å². The van der Waals surface area contributed by atoms with Crippen molar-refractivity contribution in [3.63, 3.8) is 0 Å². The highest BCUT2D eigenvalue weighted by Crippen LogP contribution is 2.35. The normalized spacial score (nSPS) is 14.0. The van der Waals surface area contributed by atoms with Crippen molar-refractivity contribution in [2.45, 2.75) is 12.3 Å². The van der Waals surface area contributed by atoms with Crippen LogP contribution in [-0.2, 0) is 6.42 Å². The quantitative estimate of drug-likeness (QED) is 0.867. The summed E-state index contributed by atoms with van der Waals surface area (Å²) in [7, 11) is 1.53. The summed E-state index contributed by atoms with van der Waals surface area (Å²) >= 11 is 0. The zero-order valence-electron chi connectivity index (χ0n) is 12.7. The van der Waals surface area contributed by atoms with Crippen LogP contribution in [0.2, 0.25) is 0 Å². The van der Waals surface area contributed by atoms with Crippen LogP contribution in [0.1, 0.15) is 17.0 Å². The molecule has 1 atom stereocenters. The Labute approximate surface area is 134 Å². The molecule has 1 unspecified atom stereocenters. The predicted octanol–water partition coefficient (Wildman–Crippen LogP) is 3.46. The van der Waals surface area contributed by atoms with Gasteiger partial charge in [0.1, 0.15) is 24.8 Å². The van der Waals surface area contributed by atoms with Crippen molar-refractivity contribution in [3.05, 3.63) is 53.3 Å². The summed E-state index contributed by atoms with van der Waals surface area (Å²) < 4.78 is 29.8. The van der Waals surface area contributed by atoms with Crippen molar-refractivity contribution in [2.24, 2.45) is 0 Å². The first-order valence-corrected chi connectivity index (χ1v) is 7.33. The largest absolute Gasteiger partial charge is 0.496 e. The average Bonchev–Trinajstić information content (AvgIpc) is 2.59. The molecule has 1 aliphatic heterocycles. The third-order valence-electron chi connectivity index (χ3n) is 3.79. The molecule has 23 heavy (non-hydrogen) atoms. The highest BCUT2D eigenvalue weighted by molar-refractivity contribution is 5.47. The van der Waals surface area contributed by atoms with E-state index in [0.29, 0.717) is 42.4 Å². The molecule has 0 saturated heterocycles. The van der Waals surface area contributed by atoms with Gasteiger partial charge in [-0.05, 0) is 47.9 Å². The Bertz CT molecular complexity index is 754. The monoisotopic (exact) mass is 313 g/mol. The lowest BCUT2D eigenvalue weighted by molar-refractivity contribution is 0.171. The van der Waals surface area contributed by atoms with Crippen molar-refractivity contribution >= 4 is 0 Å². The number of ether oxygens (including phenoxy) is 3. The summed E-state index contributed by atoms with van der Waals surface area (Å²) in [4.78, 5) is 0. The molecular formula is C18H16FNO3. The van der Waals surface area contributed by atoms with Gasteiger partial charge in [0.05, 0.1) is 19.1 Å². The van der Waals surface area contributed by atoms with E-state index < -0.39 is 5.92 Å². The summed E-state index contributed by atoms with van der Waals surface area (Å²) in [6.07, 6.45) is 0.358. The highest BCUT2D eigenvalue weighted by atomic mass is 19.1. The Kier molecular flexibility index (Phi) is 4.33. The van der Waals surface area contributed by atoms with E-state index in [1.807, 2.05) is 12.1 Å². The smallest absolute Gasteiger partial charge is 0.161 e. The zero-order valence-corrected chi connectivity index (χ0v) is 12.7. The van der Waals surface area contributed by atoms with Gasteiger partial charge >= 0.3 is 0 Å². The number of halogens is 1. The standard InChI is InChI=1S/C18H16FNO3/c1-21-16-5-3-15(19)9-13(16)8-14(11-20)12-2-4-17-18(10-12)23-7-6-22-17/h2-5,9-10,14H,6-8H2,1H3. The Morgan fingerprint density at radius 3 is 2.70 bits per heavy atom. The molecule has 0 spiro atoms. The number of fused-ring (bicyclic) bond motifs is 1. The maximum absolute atomic E-state index is 13.5. The Morgan fingerprint density at radius 2 is 1.96 bits per heavy atom. The lowest BCUT2D eigenvalue weighted by atomic mass is 9.92. The van der Waals surface area contributed by atoms with Crippen LogP contribution in [0.5, 0.6) is 17.2 Å². The number of benzene rings is 2. The third kappa shape index (κ3) is 3.21. The van der Waals surface area contributed by atoms with Gasteiger partial charge in [-0.2, -0.15) is 5.26 Å². The molecule has 2 aromatic carbocycles. The molecule has 4 nitrogen and oxygen atoms in total. The lowest BCUT2D eigenvalue weighted by Crippen LogP contribution is -2.15. The average molecular weight is 313 g/mol. The van der Waals surface area contributed by atoms with Crippen LogP contribution >= 0.6 is 0 Å². The second-order valence-electron chi connectivity index (χ2n) is 5.25. The fourth-order valence-corrected chi connectivity index (χ4v) is 2.64. The molecule has 1 aliphatic rings. The SMILES string of the molecule is COc1ccc(F)cc1CC(C#N)c1ccc2c(c1)OCCO2. The van der Waals surface area contributed by atoms with Crippen LogP contribution in [0.15, 0.2) is 36.4 Å². The third-order valence-corrected chi connectivity index (χ3v) is 3.79. The zero-order chi connectivity index (χ0) is 16.2. The summed E-state index contributed by atoms with van der Waals surface area (Å²) in [6.45, 7) is 1.01. The summed E-state index contributed by atoms with van der Waals surface area (Å²) in [5, 5.41) is 9.52. The van der Waals surface area contributed by atoms with Crippen LogP contribution in [0, 0.1) is 17.1 Å². The van der Waals surface area contributed by atoms with Crippen molar-refractivity contribution in [3.8, 4) is 23.3 Å². The van der Waals surface area contributed by atoms with Gasteiger partial charge in [-0.3, -0.25) is 0 Å². The molecule has 0 amide bonds. The van der Waals surface area contributed by atoms with E-state index in [0.717, 1.165) is 5.56 Å². The Hall–Kier alpha value is -2.74. The van der Waals surface area contributed by atoms with E-state index in [2.05, 4.69) is 6.07 Å². The van der Waals surface area contributed by atoms with E-state index in [-0.39, 0.29) is 5.82 Å². The van der Waals surface area contributed by atoms with Crippen molar-refractivity contribution in [1.29, 1.82) is 5.26 Å². The molecule has 0 fully saturated rings. The number of hydrogen-bond donors (Lipinski definition) is 0. The highest BCUT2D eigenvalue weighted by Gasteiger charge is 2.19. The van der Waals surface area contributed by atoms with Gasteiger partial charge in [0.2, 0.25) is 0 Å². The molecule has 5 heteroatoms. The van der Waals surface area contributed by atoms with E-state index in [4.69, 9.17) is 14.2 Å². The minimum Gasteiger partial charge on any atom is -0.496 e. The van der Waals surface area contributed by atoms with Crippen LogP contribution in [-0.4, -0.2) is 20.3 Å². The molecule has 0 bridgehead atoms. The van der Waals surface area contributed by atoms with Gasteiger partial charge in [-0.25, -0.2) is 4.39 Å². The predicted molar refractivity (Wildman–Crippen MR) is 82.4 cm³/mol. The summed E-state index contributed by atoms with van der Waals surface area (Å²) in [5.74, 6) is 1.12. The molecule has 2 aromatic rings. The first-order chi connectivity index (χ1) is 11.2. The van der Waals surface area contributed by atoms with E-state index in [9.17, 15) is 9.65 Å². The molecule has 3 rings (SSSR count). The topological polar surface area (TPSA) is 51.5 Å². The fourth-order valence-electron chi connectivity index (χ4n) is 2.64. The van der Waals surface area contributed by atoms with Gasteiger partial charge in [-0.15, -0.1) is 0 Å². The molecule has 1 heterocycles. The maximum Gasteiger partial charge on any atom is 0.161 e. The van der Waals surface area contributed by atoms with Crippen LogP contribution < -0.4 is 14.2 Å². The van der Waals surface area contributed by atoms with E-state index >= 15 is 0 Å². The van der Waals surface area contributed by atoms with Gasteiger partial charge in [0, 0.05) is 0 Å². The summed E-state index contributed by atoms with van der Waals surface area (Å²) in [5.41, 5.74) is 1.47. The van der Waals surface area contributed by atoms with Crippen LogP contribution in [0.25, 0.3) is 0 Å². The first-order valence-electron chi connectivity index (χ1n) is 7.33. The van der Waals surface area contributed by atoms with Gasteiger partial charge in [-0.1, -0.05) is 6.07 Å². The van der Waals surface area contributed by atoms with Gasteiger partial charge in [0.25, 0.3) is 0 Å². The lowest BCUT2D eigenvalue weighted by Gasteiger charge is -2.20. The van der Waals surface area contributed by atoms with Gasteiger partial charge in [0.15, 0.2) is 11.5 Å². The van der Waals surface area contributed by atoms with E-state index in [1.54, 1.807) is 12.1 Å². The minimum atomic E-state index is -0.429. The molecule has 0 aliphatic carbocycles. The van der Waals surface area contributed by atoms with E-state index in [1.165, 1.54) is 19.2 Å². The number of nitriles is 1. The molecule has 0 aromatic heterocycles. The minimum absolute atomic E-state index is 0.348. The Morgan fingerprint density at radius 1 is 1.17 bits per heavy atom. The number of rotatable bonds is 4. The molecule has 0 saturated carbocycles. The maximum atomic E-state index is 13.5. The van der Waals surface area contributed by atoms with Crippen molar-refractivity contribution < 1.29 is 18.6 Å². The molecule has 0 N–H and O–H groups in total. The second-order valence-corrected chi connectivity index (χ2v) is 5.25. The molecule has 0 radical (unpaired) electrons. The van der Waals surface area contributed by atoms with Crippen LogP contribution in [0.4, 0.5) is 4.39 Å².